The lowest BCUT2D eigenvalue weighted by atomic mass is 9.86. The van der Waals surface area contributed by atoms with E-state index in [9.17, 15) is 4.79 Å². The Kier molecular flexibility index (Phi) is 3.74. The fraction of sp³-hybridized carbons (Fsp3) is 0.438. The highest BCUT2D eigenvalue weighted by Crippen LogP contribution is 2.26. The van der Waals surface area contributed by atoms with E-state index in [1.807, 2.05) is 18.2 Å². The summed E-state index contributed by atoms with van der Waals surface area (Å²) < 4.78 is 5.51. The van der Waals surface area contributed by atoms with Gasteiger partial charge in [-0.15, -0.1) is 0 Å². The Morgan fingerprint density at radius 1 is 1.35 bits per heavy atom. The van der Waals surface area contributed by atoms with Crippen LogP contribution in [0, 0.1) is 5.92 Å². The van der Waals surface area contributed by atoms with E-state index in [0.717, 1.165) is 48.8 Å². The number of carbonyl (C=O) groups is 1. The summed E-state index contributed by atoms with van der Waals surface area (Å²) in [7, 11) is 0. The van der Waals surface area contributed by atoms with Crippen molar-refractivity contribution < 1.29 is 14.3 Å². The van der Waals surface area contributed by atoms with Crippen LogP contribution in [0.5, 0.6) is 0 Å². The third kappa shape index (κ3) is 2.70. The van der Waals surface area contributed by atoms with Gasteiger partial charge in [-0.2, -0.15) is 0 Å². The van der Waals surface area contributed by atoms with Gasteiger partial charge >= 0.3 is 5.97 Å². The fourth-order valence-corrected chi connectivity index (χ4v) is 3.02. The second-order valence-electron chi connectivity index (χ2n) is 5.54. The summed E-state index contributed by atoms with van der Waals surface area (Å²) in [5.74, 6) is -0.854. The first kappa shape index (κ1) is 13.2. The summed E-state index contributed by atoms with van der Waals surface area (Å²) in [4.78, 5) is 11.1. The lowest BCUT2D eigenvalue weighted by Gasteiger charge is -2.27. The van der Waals surface area contributed by atoms with Crippen LogP contribution in [0.25, 0.3) is 11.0 Å². The van der Waals surface area contributed by atoms with Crippen LogP contribution in [0.4, 0.5) is 0 Å². The molecule has 1 aromatic carbocycles. The number of benzene rings is 1. The van der Waals surface area contributed by atoms with Crippen molar-refractivity contribution in [3.05, 3.63) is 36.1 Å². The zero-order chi connectivity index (χ0) is 13.9. The second kappa shape index (κ2) is 5.67. The van der Waals surface area contributed by atoms with Gasteiger partial charge in [0.15, 0.2) is 0 Å². The first-order valence-electron chi connectivity index (χ1n) is 7.15. The molecule has 1 aliphatic carbocycles. The van der Waals surface area contributed by atoms with E-state index >= 15 is 0 Å². The van der Waals surface area contributed by atoms with E-state index in [2.05, 4.69) is 11.4 Å². The molecule has 2 atom stereocenters. The van der Waals surface area contributed by atoms with E-state index in [4.69, 9.17) is 9.52 Å². The minimum atomic E-state index is -0.662. The number of hydrogen-bond acceptors (Lipinski definition) is 3. The summed E-state index contributed by atoms with van der Waals surface area (Å²) >= 11 is 0. The van der Waals surface area contributed by atoms with Crippen LogP contribution in [0.15, 0.2) is 34.9 Å². The van der Waals surface area contributed by atoms with E-state index in [1.165, 1.54) is 0 Å². The molecular formula is C16H19NO3. The number of fused-ring (bicyclic) bond motifs is 1. The van der Waals surface area contributed by atoms with Gasteiger partial charge in [0.25, 0.3) is 0 Å². The zero-order valence-electron chi connectivity index (χ0n) is 11.3. The monoisotopic (exact) mass is 273 g/mol. The topological polar surface area (TPSA) is 62.5 Å². The first-order chi connectivity index (χ1) is 9.74. The van der Waals surface area contributed by atoms with Crippen molar-refractivity contribution in [1.82, 2.24) is 5.32 Å². The number of furan rings is 1. The predicted octanol–water partition coefficient (Wildman–Crippen LogP) is 3.17. The summed E-state index contributed by atoms with van der Waals surface area (Å²) in [6.07, 6.45) is 5.36. The van der Waals surface area contributed by atoms with E-state index in [1.54, 1.807) is 6.26 Å². The van der Waals surface area contributed by atoms with Gasteiger partial charge in [-0.25, -0.2) is 0 Å². The smallest absolute Gasteiger partial charge is 0.306 e. The van der Waals surface area contributed by atoms with Crippen LogP contribution >= 0.6 is 0 Å². The molecule has 2 unspecified atom stereocenters. The number of rotatable bonds is 4. The molecular weight excluding hydrogens is 254 g/mol. The molecule has 4 nitrogen and oxygen atoms in total. The Morgan fingerprint density at radius 3 is 3.05 bits per heavy atom. The third-order valence-electron chi connectivity index (χ3n) is 4.17. The number of para-hydroxylation sites is 1. The molecule has 1 aromatic heterocycles. The summed E-state index contributed by atoms with van der Waals surface area (Å²) in [6, 6.07) is 8.26. The van der Waals surface area contributed by atoms with Crippen LogP contribution in [0.3, 0.4) is 0 Å². The maximum Gasteiger partial charge on any atom is 0.306 e. The summed E-state index contributed by atoms with van der Waals surface area (Å²) in [5, 5.41) is 13.7. The molecule has 106 valence electrons. The molecule has 4 heteroatoms. The standard InChI is InChI=1S/C16H19NO3/c18-16(19)11-4-3-5-13(8-11)17-9-12-10-20-15-7-2-1-6-14(12)15/h1-2,6-7,10-11,13,17H,3-5,8-9H2,(H,18,19). The number of hydrogen-bond donors (Lipinski definition) is 2. The molecule has 0 bridgehead atoms. The van der Waals surface area contributed by atoms with Crippen molar-refractivity contribution in [2.45, 2.75) is 38.3 Å². The molecule has 0 spiro atoms. The third-order valence-corrected chi connectivity index (χ3v) is 4.17. The van der Waals surface area contributed by atoms with Crippen molar-refractivity contribution in [2.24, 2.45) is 5.92 Å². The lowest BCUT2D eigenvalue weighted by Crippen LogP contribution is -2.35. The van der Waals surface area contributed by atoms with Gasteiger partial charge in [-0.1, -0.05) is 24.6 Å². The van der Waals surface area contributed by atoms with Crippen LogP contribution in [-0.2, 0) is 11.3 Å². The number of nitrogens with one attached hydrogen (secondary N) is 1. The van der Waals surface area contributed by atoms with Crippen molar-refractivity contribution in [1.29, 1.82) is 0 Å². The largest absolute Gasteiger partial charge is 0.481 e. The van der Waals surface area contributed by atoms with Crippen molar-refractivity contribution in [3.63, 3.8) is 0 Å². The molecule has 0 aliphatic heterocycles. The first-order valence-corrected chi connectivity index (χ1v) is 7.15. The second-order valence-corrected chi connectivity index (χ2v) is 5.54. The Balaban J connectivity index is 1.63. The van der Waals surface area contributed by atoms with Gasteiger partial charge in [0, 0.05) is 23.5 Å². The van der Waals surface area contributed by atoms with E-state index in [0.29, 0.717) is 6.04 Å². The molecule has 1 aliphatic rings. The normalized spacial score (nSPS) is 23.0. The van der Waals surface area contributed by atoms with Crippen LogP contribution < -0.4 is 5.32 Å². The van der Waals surface area contributed by atoms with E-state index < -0.39 is 5.97 Å². The predicted molar refractivity (Wildman–Crippen MR) is 76.4 cm³/mol. The van der Waals surface area contributed by atoms with Gasteiger partial charge in [0.05, 0.1) is 12.2 Å². The highest BCUT2D eigenvalue weighted by molar-refractivity contribution is 5.80. The molecule has 0 amide bonds. The maximum atomic E-state index is 11.1. The van der Waals surface area contributed by atoms with Crippen molar-refractivity contribution in [2.75, 3.05) is 0 Å². The van der Waals surface area contributed by atoms with Crippen LogP contribution in [-0.4, -0.2) is 17.1 Å². The van der Waals surface area contributed by atoms with Gasteiger partial charge in [0.1, 0.15) is 5.58 Å². The average Bonchev–Trinajstić information content (AvgIpc) is 2.89. The Labute approximate surface area is 117 Å². The van der Waals surface area contributed by atoms with Crippen LogP contribution in [0.2, 0.25) is 0 Å². The number of carboxylic acid groups (broad SMARTS) is 1. The Bertz CT molecular complexity index is 605. The number of carboxylic acids is 1. The van der Waals surface area contributed by atoms with Gasteiger partial charge < -0.3 is 14.8 Å². The highest BCUT2D eigenvalue weighted by Gasteiger charge is 2.26. The minimum Gasteiger partial charge on any atom is -0.481 e. The van der Waals surface area contributed by atoms with Gasteiger partial charge in [-0.3, -0.25) is 4.79 Å². The Morgan fingerprint density at radius 2 is 2.20 bits per heavy atom. The molecule has 1 saturated carbocycles. The molecule has 20 heavy (non-hydrogen) atoms. The molecule has 1 fully saturated rings. The van der Waals surface area contributed by atoms with E-state index in [-0.39, 0.29) is 5.92 Å². The maximum absolute atomic E-state index is 11.1. The average molecular weight is 273 g/mol. The van der Waals surface area contributed by atoms with Gasteiger partial charge in [-0.05, 0) is 25.3 Å². The Hall–Kier alpha value is -1.81. The van der Waals surface area contributed by atoms with Crippen molar-refractivity contribution in [3.8, 4) is 0 Å². The molecule has 0 radical (unpaired) electrons. The highest BCUT2D eigenvalue weighted by atomic mass is 16.4. The summed E-state index contributed by atoms with van der Waals surface area (Å²) in [5.41, 5.74) is 2.04. The zero-order valence-corrected chi connectivity index (χ0v) is 11.3. The van der Waals surface area contributed by atoms with Crippen molar-refractivity contribution >= 4 is 16.9 Å². The molecule has 3 rings (SSSR count). The lowest BCUT2D eigenvalue weighted by molar-refractivity contribution is -0.143. The molecule has 2 aromatic rings. The fourth-order valence-electron chi connectivity index (χ4n) is 3.02. The van der Waals surface area contributed by atoms with Crippen LogP contribution in [0.1, 0.15) is 31.2 Å². The summed E-state index contributed by atoms with van der Waals surface area (Å²) in [6.45, 7) is 0.730. The molecule has 2 N–H and O–H groups in total. The molecule has 1 heterocycles. The quantitative estimate of drug-likeness (QED) is 0.898. The van der Waals surface area contributed by atoms with Gasteiger partial charge in [0.2, 0.25) is 0 Å². The SMILES string of the molecule is O=C(O)C1CCCC(NCc2coc3ccccc23)C1. The number of aliphatic carboxylic acids is 1. The minimum absolute atomic E-state index is 0.192. The molecule has 0 saturated heterocycles.